The number of rotatable bonds is 5. The van der Waals surface area contributed by atoms with Gasteiger partial charge in [-0.05, 0) is 24.5 Å². The molecule has 0 saturated carbocycles. The molecule has 0 spiro atoms. The number of benzene rings is 1. The highest BCUT2D eigenvalue weighted by Crippen LogP contribution is 2.30. The Hall–Kier alpha value is -0.690. The van der Waals surface area contributed by atoms with E-state index in [-0.39, 0.29) is 11.5 Å². The summed E-state index contributed by atoms with van der Waals surface area (Å²) in [6, 6.07) is 3.73. The molecular formula is C11H10BrF3O2S. The number of alkyl halides is 4. The Kier molecular flexibility index (Phi) is 5.52. The summed E-state index contributed by atoms with van der Waals surface area (Å²) in [5, 5.41) is 0.514. The Morgan fingerprint density at radius 3 is 2.61 bits per heavy atom. The maximum Gasteiger partial charge on any atom is 0.573 e. The lowest BCUT2D eigenvalue weighted by atomic mass is 10.1. The molecule has 100 valence electrons. The van der Waals surface area contributed by atoms with Gasteiger partial charge in [-0.2, -0.15) is 0 Å². The summed E-state index contributed by atoms with van der Waals surface area (Å²) in [5.74, 6) is -0.433. The van der Waals surface area contributed by atoms with Crippen molar-refractivity contribution in [2.45, 2.75) is 17.7 Å². The molecule has 0 unspecified atom stereocenters. The topological polar surface area (TPSA) is 26.3 Å². The predicted molar refractivity (Wildman–Crippen MR) is 67.6 cm³/mol. The summed E-state index contributed by atoms with van der Waals surface area (Å²) in [6.45, 7) is 0. The number of thioether (sulfide) groups is 1. The van der Waals surface area contributed by atoms with Crippen LogP contribution in [-0.4, -0.2) is 23.7 Å². The maximum absolute atomic E-state index is 12.1. The number of halogens is 4. The van der Waals surface area contributed by atoms with E-state index in [0.29, 0.717) is 22.2 Å². The van der Waals surface area contributed by atoms with Crippen LogP contribution >= 0.6 is 27.7 Å². The number of Topliss-reactive ketones (excluding diaryl/α,β-unsaturated/α-hetero) is 1. The Morgan fingerprint density at radius 2 is 2.11 bits per heavy atom. The van der Waals surface area contributed by atoms with Gasteiger partial charge in [0.2, 0.25) is 0 Å². The molecule has 0 aliphatic heterocycles. The third kappa shape index (κ3) is 4.53. The summed E-state index contributed by atoms with van der Waals surface area (Å²) in [6.07, 6.45) is -2.73. The van der Waals surface area contributed by atoms with Crippen molar-refractivity contribution in [1.29, 1.82) is 0 Å². The third-order valence-electron chi connectivity index (χ3n) is 2.03. The predicted octanol–water partition coefficient (Wildman–Crippen LogP) is 4.27. The molecule has 1 aromatic rings. The molecule has 0 bridgehead atoms. The quantitative estimate of drug-likeness (QED) is 0.454. The summed E-state index contributed by atoms with van der Waals surface area (Å²) >= 11 is 4.35. The normalized spacial score (nSPS) is 11.4. The van der Waals surface area contributed by atoms with Crippen LogP contribution in [0.1, 0.15) is 16.8 Å². The fourth-order valence-corrected chi connectivity index (χ4v) is 2.32. The van der Waals surface area contributed by atoms with Crippen LogP contribution in [0.3, 0.4) is 0 Å². The smallest absolute Gasteiger partial charge is 0.406 e. The summed E-state index contributed by atoms with van der Waals surface area (Å²) in [4.78, 5) is 12.2. The van der Waals surface area contributed by atoms with Crippen LogP contribution in [0.4, 0.5) is 13.2 Å². The van der Waals surface area contributed by atoms with Crippen molar-refractivity contribution in [2.75, 3.05) is 11.6 Å². The third-order valence-corrected chi connectivity index (χ3v) is 3.20. The van der Waals surface area contributed by atoms with Gasteiger partial charge < -0.3 is 4.74 Å². The van der Waals surface area contributed by atoms with E-state index < -0.39 is 6.36 Å². The summed E-state index contributed by atoms with van der Waals surface area (Å²) in [7, 11) is 0. The summed E-state index contributed by atoms with van der Waals surface area (Å²) < 4.78 is 40.0. The lowest BCUT2D eigenvalue weighted by molar-refractivity contribution is -0.274. The zero-order valence-electron chi connectivity index (χ0n) is 9.38. The second kappa shape index (κ2) is 6.47. The van der Waals surface area contributed by atoms with Crippen LogP contribution in [0.25, 0.3) is 0 Å². The first-order valence-electron chi connectivity index (χ1n) is 4.90. The average molecular weight is 343 g/mol. The van der Waals surface area contributed by atoms with Gasteiger partial charge in [0.05, 0.1) is 0 Å². The first-order chi connectivity index (χ1) is 8.37. The van der Waals surface area contributed by atoms with Gasteiger partial charge in [0.15, 0.2) is 5.78 Å². The van der Waals surface area contributed by atoms with Crippen molar-refractivity contribution in [3.8, 4) is 5.75 Å². The van der Waals surface area contributed by atoms with Crippen molar-refractivity contribution in [3.63, 3.8) is 0 Å². The van der Waals surface area contributed by atoms with Crippen LogP contribution in [0.5, 0.6) is 5.75 Å². The molecule has 0 aromatic heterocycles. The van der Waals surface area contributed by atoms with Crippen LogP contribution in [0.15, 0.2) is 23.1 Å². The Labute approximate surface area is 115 Å². The molecule has 0 fully saturated rings. The van der Waals surface area contributed by atoms with E-state index >= 15 is 0 Å². The Balaban J connectivity index is 3.00. The van der Waals surface area contributed by atoms with Gasteiger partial charge in [-0.3, -0.25) is 4.79 Å². The molecular weight excluding hydrogens is 333 g/mol. The van der Waals surface area contributed by atoms with E-state index in [1.165, 1.54) is 23.9 Å². The molecule has 1 rings (SSSR count). The molecule has 1 aromatic carbocycles. The molecule has 18 heavy (non-hydrogen) atoms. The van der Waals surface area contributed by atoms with Crippen molar-refractivity contribution in [2.24, 2.45) is 0 Å². The number of carbonyl (C=O) groups excluding carboxylic acids is 1. The molecule has 7 heteroatoms. The molecule has 0 N–H and O–H groups in total. The maximum atomic E-state index is 12.1. The van der Waals surface area contributed by atoms with E-state index in [4.69, 9.17) is 0 Å². The number of hydrogen-bond donors (Lipinski definition) is 0. The van der Waals surface area contributed by atoms with Gasteiger partial charge in [-0.25, -0.2) is 0 Å². The highest BCUT2D eigenvalue weighted by Gasteiger charge is 2.31. The van der Waals surface area contributed by atoms with Gasteiger partial charge in [0, 0.05) is 22.2 Å². The van der Waals surface area contributed by atoms with Crippen LogP contribution in [-0.2, 0) is 0 Å². The lowest BCUT2D eigenvalue weighted by Gasteiger charge is -2.11. The molecule has 0 atom stereocenters. The molecule has 0 saturated heterocycles. The van der Waals surface area contributed by atoms with E-state index in [0.717, 1.165) is 6.07 Å². The standard InChI is InChI=1S/C11H10BrF3O2S/c1-18-10-6-7(17-11(13,14)15)2-3-8(10)9(16)4-5-12/h2-3,6H,4-5H2,1H3. The molecule has 0 amide bonds. The SMILES string of the molecule is CSc1cc(OC(F)(F)F)ccc1C(=O)CCBr. The van der Waals surface area contributed by atoms with Crippen molar-refractivity contribution in [3.05, 3.63) is 23.8 Å². The number of ether oxygens (including phenoxy) is 1. The lowest BCUT2D eigenvalue weighted by Crippen LogP contribution is -2.17. The first kappa shape index (κ1) is 15.4. The van der Waals surface area contributed by atoms with E-state index in [1.54, 1.807) is 6.26 Å². The van der Waals surface area contributed by atoms with E-state index in [2.05, 4.69) is 20.7 Å². The number of ketones is 1. The highest BCUT2D eigenvalue weighted by molar-refractivity contribution is 9.09. The minimum atomic E-state index is -4.73. The minimum absolute atomic E-state index is 0.116. The van der Waals surface area contributed by atoms with Crippen molar-refractivity contribution < 1.29 is 22.7 Å². The molecule has 0 heterocycles. The van der Waals surface area contributed by atoms with Crippen LogP contribution in [0, 0.1) is 0 Å². The Bertz CT molecular complexity index is 435. The fourth-order valence-electron chi connectivity index (χ4n) is 1.32. The van der Waals surface area contributed by atoms with E-state index in [1.807, 2.05) is 0 Å². The van der Waals surface area contributed by atoms with Crippen molar-refractivity contribution >= 4 is 33.5 Å². The van der Waals surface area contributed by atoms with Crippen LogP contribution < -0.4 is 4.74 Å². The first-order valence-corrected chi connectivity index (χ1v) is 7.25. The monoisotopic (exact) mass is 342 g/mol. The van der Waals surface area contributed by atoms with Gasteiger partial charge >= 0.3 is 6.36 Å². The second-order valence-electron chi connectivity index (χ2n) is 3.27. The largest absolute Gasteiger partial charge is 0.573 e. The van der Waals surface area contributed by atoms with Gasteiger partial charge in [-0.1, -0.05) is 15.9 Å². The number of hydrogen-bond acceptors (Lipinski definition) is 3. The highest BCUT2D eigenvalue weighted by atomic mass is 79.9. The fraction of sp³-hybridized carbons (Fsp3) is 0.364. The van der Waals surface area contributed by atoms with Gasteiger partial charge in [0.25, 0.3) is 0 Å². The second-order valence-corrected chi connectivity index (χ2v) is 4.91. The zero-order valence-corrected chi connectivity index (χ0v) is 11.8. The molecule has 0 aliphatic carbocycles. The number of carbonyl (C=O) groups is 1. The molecule has 2 nitrogen and oxygen atoms in total. The van der Waals surface area contributed by atoms with Crippen LogP contribution in [0.2, 0.25) is 0 Å². The average Bonchev–Trinajstić information content (AvgIpc) is 2.27. The van der Waals surface area contributed by atoms with Gasteiger partial charge in [0.1, 0.15) is 5.75 Å². The molecule has 0 aliphatic rings. The van der Waals surface area contributed by atoms with E-state index in [9.17, 15) is 18.0 Å². The van der Waals surface area contributed by atoms with Gasteiger partial charge in [-0.15, -0.1) is 24.9 Å². The molecule has 0 radical (unpaired) electrons. The Morgan fingerprint density at radius 1 is 1.44 bits per heavy atom. The zero-order chi connectivity index (χ0) is 13.8. The minimum Gasteiger partial charge on any atom is -0.406 e. The van der Waals surface area contributed by atoms with Crippen molar-refractivity contribution in [1.82, 2.24) is 0 Å². The summed E-state index contributed by atoms with van der Waals surface area (Å²) in [5.41, 5.74) is 0.413.